The summed E-state index contributed by atoms with van der Waals surface area (Å²) in [5.41, 5.74) is 6.92. The molecule has 0 unspecified atom stereocenters. The SMILES string of the molecule is CCNc1ncc(F)c(Nc2cccc(N)c2)n1. The number of rotatable bonds is 4. The Hall–Kier alpha value is -2.37. The van der Waals surface area contributed by atoms with Crippen molar-refractivity contribution in [2.45, 2.75) is 6.92 Å². The molecule has 0 aliphatic heterocycles. The summed E-state index contributed by atoms with van der Waals surface area (Å²) in [7, 11) is 0. The third kappa shape index (κ3) is 2.85. The van der Waals surface area contributed by atoms with Crippen LogP contribution in [0.1, 0.15) is 6.92 Å². The predicted molar refractivity (Wildman–Crippen MR) is 70.3 cm³/mol. The number of nitrogens with two attached hydrogens (primary N) is 1. The second-order valence-electron chi connectivity index (χ2n) is 3.67. The first-order valence-corrected chi connectivity index (χ1v) is 5.58. The Labute approximate surface area is 104 Å². The van der Waals surface area contributed by atoms with Crippen molar-refractivity contribution < 1.29 is 4.39 Å². The standard InChI is InChI=1S/C12H14FN5/c1-2-15-12-16-7-10(13)11(18-12)17-9-5-3-4-8(14)6-9/h3-7H,2,14H2,1H3,(H2,15,16,17,18). The molecule has 2 aromatic rings. The van der Waals surface area contributed by atoms with Crippen molar-refractivity contribution in [2.75, 3.05) is 22.9 Å². The summed E-state index contributed by atoms with van der Waals surface area (Å²) in [5, 5.41) is 5.78. The smallest absolute Gasteiger partial charge is 0.224 e. The van der Waals surface area contributed by atoms with Crippen molar-refractivity contribution in [2.24, 2.45) is 0 Å². The highest BCUT2D eigenvalue weighted by Gasteiger charge is 2.06. The van der Waals surface area contributed by atoms with Gasteiger partial charge in [-0.15, -0.1) is 0 Å². The van der Waals surface area contributed by atoms with Gasteiger partial charge in [-0.25, -0.2) is 9.37 Å². The number of benzene rings is 1. The van der Waals surface area contributed by atoms with Crippen LogP contribution in [0.5, 0.6) is 0 Å². The van der Waals surface area contributed by atoms with Gasteiger partial charge in [-0.3, -0.25) is 0 Å². The molecule has 4 N–H and O–H groups in total. The fourth-order valence-corrected chi connectivity index (χ4v) is 1.45. The normalized spacial score (nSPS) is 10.1. The summed E-state index contributed by atoms with van der Waals surface area (Å²) in [6, 6.07) is 7.02. The van der Waals surface area contributed by atoms with Crippen LogP contribution in [0.2, 0.25) is 0 Å². The lowest BCUT2D eigenvalue weighted by molar-refractivity contribution is 0.619. The summed E-state index contributed by atoms with van der Waals surface area (Å²) in [4.78, 5) is 7.86. The molecule has 0 spiro atoms. The quantitative estimate of drug-likeness (QED) is 0.723. The van der Waals surface area contributed by atoms with E-state index in [1.807, 2.05) is 6.92 Å². The lowest BCUT2D eigenvalue weighted by atomic mass is 10.3. The average molecular weight is 247 g/mol. The van der Waals surface area contributed by atoms with Crippen LogP contribution in [-0.2, 0) is 0 Å². The minimum atomic E-state index is -0.515. The van der Waals surface area contributed by atoms with Crippen LogP contribution in [0.15, 0.2) is 30.5 Å². The third-order valence-corrected chi connectivity index (χ3v) is 2.23. The summed E-state index contributed by atoms with van der Waals surface area (Å²) in [5.74, 6) is -0.0177. The van der Waals surface area contributed by atoms with Crippen molar-refractivity contribution in [3.8, 4) is 0 Å². The van der Waals surface area contributed by atoms with Crippen LogP contribution in [-0.4, -0.2) is 16.5 Å². The number of anilines is 4. The van der Waals surface area contributed by atoms with Gasteiger partial charge in [0.1, 0.15) is 0 Å². The number of hydrogen-bond donors (Lipinski definition) is 3. The van der Waals surface area contributed by atoms with Crippen molar-refractivity contribution in [3.63, 3.8) is 0 Å². The van der Waals surface area contributed by atoms with Crippen molar-refractivity contribution >= 4 is 23.1 Å². The van der Waals surface area contributed by atoms with Crippen molar-refractivity contribution in [3.05, 3.63) is 36.3 Å². The van der Waals surface area contributed by atoms with Crippen LogP contribution < -0.4 is 16.4 Å². The maximum absolute atomic E-state index is 13.5. The van der Waals surface area contributed by atoms with E-state index in [-0.39, 0.29) is 5.82 Å². The van der Waals surface area contributed by atoms with E-state index < -0.39 is 5.82 Å². The van der Waals surface area contributed by atoms with Crippen LogP contribution >= 0.6 is 0 Å². The molecule has 94 valence electrons. The topological polar surface area (TPSA) is 75.9 Å². The zero-order chi connectivity index (χ0) is 13.0. The lowest BCUT2D eigenvalue weighted by Crippen LogP contribution is -2.05. The monoisotopic (exact) mass is 247 g/mol. The molecule has 1 heterocycles. The van der Waals surface area contributed by atoms with E-state index in [0.29, 0.717) is 23.9 Å². The number of nitrogens with zero attached hydrogens (tertiary/aromatic N) is 2. The zero-order valence-electron chi connectivity index (χ0n) is 9.94. The molecule has 0 amide bonds. The molecule has 0 saturated heterocycles. The van der Waals surface area contributed by atoms with Gasteiger partial charge in [-0.05, 0) is 25.1 Å². The van der Waals surface area contributed by atoms with Gasteiger partial charge in [0.2, 0.25) is 5.95 Å². The van der Waals surface area contributed by atoms with Crippen LogP contribution in [0, 0.1) is 5.82 Å². The number of nitrogen functional groups attached to an aromatic ring is 1. The van der Waals surface area contributed by atoms with E-state index in [2.05, 4.69) is 20.6 Å². The molecule has 5 nitrogen and oxygen atoms in total. The van der Waals surface area contributed by atoms with Gasteiger partial charge in [-0.2, -0.15) is 4.98 Å². The first-order valence-electron chi connectivity index (χ1n) is 5.58. The molecule has 0 aliphatic carbocycles. The maximum atomic E-state index is 13.5. The van der Waals surface area contributed by atoms with E-state index in [0.717, 1.165) is 6.20 Å². The second kappa shape index (κ2) is 5.31. The molecule has 0 atom stereocenters. The van der Waals surface area contributed by atoms with Gasteiger partial charge in [0, 0.05) is 17.9 Å². The summed E-state index contributed by atoms with van der Waals surface area (Å²) in [6.07, 6.45) is 1.12. The maximum Gasteiger partial charge on any atom is 0.224 e. The van der Waals surface area contributed by atoms with E-state index in [4.69, 9.17) is 5.73 Å². The average Bonchev–Trinajstić information content (AvgIpc) is 2.34. The van der Waals surface area contributed by atoms with Gasteiger partial charge in [-0.1, -0.05) is 6.07 Å². The van der Waals surface area contributed by atoms with Gasteiger partial charge >= 0.3 is 0 Å². The molecule has 1 aromatic carbocycles. The Morgan fingerprint density at radius 1 is 1.39 bits per heavy atom. The van der Waals surface area contributed by atoms with E-state index in [9.17, 15) is 4.39 Å². The summed E-state index contributed by atoms with van der Waals surface area (Å²) >= 11 is 0. The van der Waals surface area contributed by atoms with Crippen molar-refractivity contribution in [1.29, 1.82) is 0 Å². The highest BCUT2D eigenvalue weighted by molar-refractivity contribution is 5.62. The van der Waals surface area contributed by atoms with Crippen LogP contribution in [0.3, 0.4) is 0 Å². The second-order valence-corrected chi connectivity index (χ2v) is 3.67. The highest BCUT2D eigenvalue weighted by atomic mass is 19.1. The molecule has 0 fully saturated rings. The Morgan fingerprint density at radius 2 is 2.22 bits per heavy atom. The predicted octanol–water partition coefficient (Wildman–Crippen LogP) is 2.37. The van der Waals surface area contributed by atoms with Crippen LogP contribution in [0.25, 0.3) is 0 Å². The molecule has 0 saturated carbocycles. The van der Waals surface area contributed by atoms with Crippen molar-refractivity contribution in [1.82, 2.24) is 9.97 Å². The Bertz CT molecular complexity index is 544. The number of halogens is 1. The molecule has 0 aliphatic rings. The minimum Gasteiger partial charge on any atom is -0.399 e. The molecular weight excluding hydrogens is 233 g/mol. The molecule has 2 rings (SSSR count). The molecule has 18 heavy (non-hydrogen) atoms. The first-order chi connectivity index (χ1) is 8.69. The molecule has 0 bridgehead atoms. The molecular formula is C12H14FN5. The fourth-order valence-electron chi connectivity index (χ4n) is 1.45. The van der Waals surface area contributed by atoms with E-state index in [1.165, 1.54) is 0 Å². The highest BCUT2D eigenvalue weighted by Crippen LogP contribution is 2.20. The summed E-state index contributed by atoms with van der Waals surface area (Å²) < 4.78 is 13.5. The van der Waals surface area contributed by atoms with Crippen LogP contribution in [0.4, 0.5) is 27.5 Å². The minimum absolute atomic E-state index is 0.117. The summed E-state index contributed by atoms with van der Waals surface area (Å²) in [6.45, 7) is 2.58. The van der Waals surface area contributed by atoms with Gasteiger partial charge < -0.3 is 16.4 Å². The Morgan fingerprint density at radius 3 is 2.94 bits per heavy atom. The Balaban J connectivity index is 2.25. The van der Waals surface area contributed by atoms with E-state index >= 15 is 0 Å². The lowest BCUT2D eigenvalue weighted by Gasteiger charge is -2.08. The molecule has 1 aromatic heterocycles. The zero-order valence-corrected chi connectivity index (χ0v) is 9.94. The Kier molecular flexibility index (Phi) is 3.57. The molecule has 6 heteroatoms. The molecule has 0 radical (unpaired) electrons. The number of nitrogens with one attached hydrogen (secondary N) is 2. The largest absolute Gasteiger partial charge is 0.399 e. The third-order valence-electron chi connectivity index (χ3n) is 2.23. The number of hydrogen-bond acceptors (Lipinski definition) is 5. The number of aromatic nitrogens is 2. The fraction of sp³-hybridized carbons (Fsp3) is 0.167. The van der Waals surface area contributed by atoms with Gasteiger partial charge in [0.05, 0.1) is 6.20 Å². The first kappa shape index (κ1) is 12.1. The van der Waals surface area contributed by atoms with Gasteiger partial charge in [0.25, 0.3) is 0 Å². The van der Waals surface area contributed by atoms with E-state index in [1.54, 1.807) is 24.3 Å². The van der Waals surface area contributed by atoms with Gasteiger partial charge in [0.15, 0.2) is 11.6 Å².